The lowest BCUT2D eigenvalue weighted by molar-refractivity contribution is -0.136. The average Bonchev–Trinajstić information content (AvgIpc) is 2.50. The molecule has 26 heavy (non-hydrogen) atoms. The third kappa shape index (κ3) is 4.97. The molecule has 1 rings (SSSR count). The number of hydrogen-bond donors (Lipinski definition) is 3. The van der Waals surface area contributed by atoms with Crippen LogP contribution in [0.5, 0.6) is 0 Å². The summed E-state index contributed by atoms with van der Waals surface area (Å²) in [4.78, 5) is 25.5. The topological polar surface area (TPSA) is 94.8 Å². The van der Waals surface area contributed by atoms with E-state index in [4.69, 9.17) is 0 Å². The first kappa shape index (κ1) is 22.4. The van der Waals surface area contributed by atoms with Crippen molar-refractivity contribution in [3.63, 3.8) is 0 Å². The van der Waals surface area contributed by atoms with E-state index in [1.807, 2.05) is 41.5 Å². The average molecular weight is 366 g/mol. The van der Waals surface area contributed by atoms with E-state index < -0.39 is 28.7 Å². The molecule has 0 amide bonds. The molecule has 0 radical (unpaired) electrons. The third-order valence-electron chi connectivity index (χ3n) is 4.73. The lowest BCUT2D eigenvalue weighted by atomic mass is 9.75. The molecule has 0 saturated heterocycles. The van der Waals surface area contributed by atoms with Gasteiger partial charge in [0.25, 0.3) is 0 Å². The second kappa shape index (κ2) is 8.85. The van der Waals surface area contributed by atoms with Crippen LogP contribution < -0.4 is 0 Å². The maximum absolute atomic E-state index is 12.9. The Hall–Kier alpha value is -1.62. The van der Waals surface area contributed by atoms with E-state index in [0.717, 1.165) is 0 Å². The molecule has 0 aromatic carbocycles. The summed E-state index contributed by atoms with van der Waals surface area (Å²) in [6, 6.07) is 0. The fraction of sp³-hybridized carbons (Fsp3) is 0.714. The number of allylic oxidation sites excluding steroid dienone is 1. The second-order valence-corrected chi connectivity index (χ2v) is 8.63. The van der Waals surface area contributed by atoms with Crippen molar-refractivity contribution in [2.45, 2.75) is 79.2 Å². The van der Waals surface area contributed by atoms with Gasteiger partial charge in [0, 0.05) is 12.0 Å². The quantitative estimate of drug-likeness (QED) is 0.525. The van der Waals surface area contributed by atoms with Gasteiger partial charge < -0.3 is 15.3 Å². The summed E-state index contributed by atoms with van der Waals surface area (Å²) in [5.41, 5.74) is -2.37. The van der Waals surface area contributed by atoms with Crippen molar-refractivity contribution in [2.24, 2.45) is 17.8 Å². The van der Waals surface area contributed by atoms with Gasteiger partial charge in [-0.25, -0.2) is 0 Å². The van der Waals surface area contributed by atoms with Crippen LogP contribution in [0.15, 0.2) is 22.7 Å². The Balaban J connectivity index is 3.42. The van der Waals surface area contributed by atoms with E-state index >= 15 is 0 Å². The van der Waals surface area contributed by atoms with Crippen LogP contribution in [0.1, 0.15) is 73.6 Å². The number of Topliss-reactive ketones (excluding diaryl/α,β-unsaturated/α-hetero) is 2. The number of rotatable bonds is 9. The molecular weight excluding hydrogens is 332 g/mol. The van der Waals surface area contributed by atoms with Crippen LogP contribution in [0.4, 0.5) is 0 Å². The molecule has 0 bridgehead atoms. The first-order valence-corrected chi connectivity index (χ1v) is 9.58. The van der Waals surface area contributed by atoms with Crippen LogP contribution in [0.25, 0.3) is 0 Å². The van der Waals surface area contributed by atoms with Crippen LogP contribution >= 0.6 is 0 Å². The molecule has 3 N–H and O–H groups in total. The summed E-state index contributed by atoms with van der Waals surface area (Å²) in [5.74, 6) is -1.80. The molecule has 0 heterocycles. The van der Waals surface area contributed by atoms with Gasteiger partial charge in [0.15, 0.2) is 11.4 Å². The van der Waals surface area contributed by atoms with Crippen LogP contribution in [0.2, 0.25) is 0 Å². The third-order valence-corrected chi connectivity index (χ3v) is 4.73. The van der Waals surface area contributed by atoms with E-state index in [9.17, 15) is 24.9 Å². The number of aliphatic hydroxyl groups excluding tert-OH is 2. The van der Waals surface area contributed by atoms with Crippen molar-refractivity contribution in [3.05, 3.63) is 22.7 Å². The van der Waals surface area contributed by atoms with E-state index in [-0.39, 0.29) is 35.8 Å². The first-order valence-electron chi connectivity index (χ1n) is 9.58. The molecule has 1 atom stereocenters. The van der Waals surface area contributed by atoms with Gasteiger partial charge in [0.1, 0.15) is 17.1 Å². The van der Waals surface area contributed by atoms with Crippen molar-refractivity contribution in [2.75, 3.05) is 0 Å². The second-order valence-electron chi connectivity index (χ2n) is 8.63. The molecular formula is C21H34O5. The van der Waals surface area contributed by atoms with Gasteiger partial charge in [-0.15, -0.1) is 0 Å². The number of ketones is 2. The molecule has 5 heteroatoms. The maximum Gasteiger partial charge on any atom is 0.209 e. The predicted octanol–water partition coefficient (Wildman–Crippen LogP) is 4.41. The molecule has 5 nitrogen and oxygen atoms in total. The van der Waals surface area contributed by atoms with Gasteiger partial charge in [-0.3, -0.25) is 9.59 Å². The molecule has 0 saturated carbocycles. The van der Waals surface area contributed by atoms with Crippen LogP contribution in [-0.4, -0.2) is 32.5 Å². The van der Waals surface area contributed by atoms with Gasteiger partial charge >= 0.3 is 0 Å². The SMILES string of the molecule is CC(C)CCC1=C(O)C(O)(CCC(C)C)C(=O)C(C(=O)CC(C)C)=C1O. The monoisotopic (exact) mass is 366 g/mol. The Morgan fingerprint density at radius 2 is 1.50 bits per heavy atom. The summed E-state index contributed by atoms with van der Waals surface area (Å²) in [7, 11) is 0. The molecule has 0 aromatic heterocycles. The van der Waals surface area contributed by atoms with Crippen molar-refractivity contribution >= 4 is 11.6 Å². The minimum absolute atomic E-state index is 0.0120. The summed E-state index contributed by atoms with van der Waals surface area (Å²) < 4.78 is 0. The zero-order chi connectivity index (χ0) is 20.2. The number of aliphatic hydroxyl groups is 3. The smallest absolute Gasteiger partial charge is 0.209 e. The highest BCUT2D eigenvalue weighted by molar-refractivity contribution is 6.25. The Morgan fingerprint density at radius 3 is 1.96 bits per heavy atom. The highest BCUT2D eigenvalue weighted by atomic mass is 16.3. The van der Waals surface area contributed by atoms with Gasteiger partial charge in [-0.05, 0) is 43.4 Å². The summed E-state index contributed by atoms with van der Waals surface area (Å²) in [5, 5.41) is 32.2. The molecule has 1 unspecified atom stereocenters. The first-order chi connectivity index (χ1) is 11.9. The Labute approximate surface area is 156 Å². The van der Waals surface area contributed by atoms with E-state index in [2.05, 4.69) is 0 Å². The largest absolute Gasteiger partial charge is 0.508 e. The van der Waals surface area contributed by atoms with Gasteiger partial charge in [-0.2, -0.15) is 0 Å². The Morgan fingerprint density at radius 1 is 0.962 bits per heavy atom. The maximum atomic E-state index is 12.9. The van der Waals surface area contributed by atoms with Crippen LogP contribution in [-0.2, 0) is 9.59 Å². The van der Waals surface area contributed by atoms with E-state index in [1.165, 1.54) is 0 Å². The summed E-state index contributed by atoms with van der Waals surface area (Å²) >= 11 is 0. The van der Waals surface area contributed by atoms with E-state index in [1.54, 1.807) is 0 Å². The number of carbonyl (C=O) groups excluding carboxylic acids is 2. The number of hydrogen-bond acceptors (Lipinski definition) is 5. The fourth-order valence-corrected chi connectivity index (χ4v) is 3.07. The molecule has 0 aliphatic heterocycles. The highest BCUT2D eigenvalue weighted by Crippen LogP contribution is 2.39. The molecule has 148 valence electrons. The normalized spacial score (nSPS) is 21.5. The molecule has 1 aliphatic carbocycles. The Bertz CT molecular complexity index is 610. The van der Waals surface area contributed by atoms with Crippen molar-refractivity contribution in [1.82, 2.24) is 0 Å². The Kier molecular flexibility index (Phi) is 7.63. The molecule has 0 spiro atoms. The van der Waals surface area contributed by atoms with Crippen LogP contribution in [0.3, 0.4) is 0 Å². The predicted molar refractivity (Wildman–Crippen MR) is 102 cm³/mol. The van der Waals surface area contributed by atoms with E-state index in [0.29, 0.717) is 25.2 Å². The zero-order valence-corrected chi connectivity index (χ0v) is 16.9. The van der Waals surface area contributed by atoms with Gasteiger partial charge in [0.2, 0.25) is 5.78 Å². The van der Waals surface area contributed by atoms with Crippen molar-refractivity contribution < 1.29 is 24.9 Å². The van der Waals surface area contributed by atoms with Gasteiger partial charge in [-0.1, -0.05) is 41.5 Å². The lowest BCUT2D eigenvalue weighted by Gasteiger charge is -2.33. The van der Waals surface area contributed by atoms with Gasteiger partial charge in [0.05, 0.1) is 0 Å². The standard InChI is InChI=1S/C21H34O5/c1-12(2)7-8-15-18(23)17(16(22)11-14(5)6)20(25)21(26,19(15)24)10-9-13(3)4/h12-14,23-24,26H,7-11H2,1-6H3. The van der Waals surface area contributed by atoms with Crippen molar-refractivity contribution in [1.29, 1.82) is 0 Å². The fourth-order valence-electron chi connectivity index (χ4n) is 3.07. The zero-order valence-electron chi connectivity index (χ0n) is 16.9. The van der Waals surface area contributed by atoms with Crippen molar-refractivity contribution in [3.8, 4) is 0 Å². The minimum Gasteiger partial charge on any atom is -0.508 e. The molecule has 0 aromatic rings. The lowest BCUT2D eigenvalue weighted by Crippen LogP contribution is -2.47. The number of carbonyl (C=O) groups is 2. The minimum atomic E-state index is -2.13. The summed E-state index contributed by atoms with van der Waals surface area (Å²) in [6.07, 6.45) is 1.58. The molecule has 0 fully saturated rings. The molecule has 1 aliphatic rings. The van der Waals surface area contributed by atoms with Crippen LogP contribution in [0, 0.1) is 17.8 Å². The summed E-state index contributed by atoms with van der Waals surface area (Å²) in [6.45, 7) is 11.6. The highest BCUT2D eigenvalue weighted by Gasteiger charge is 2.49.